The molecule has 0 saturated carbocycles. The summed E-state index contributed by atoms with van der Waals surface area (Å²) in [5, 5.41) is 3.67. The minimum Gasteiger partial charge on any atom is -0.397 e. The molecule has 6 heteroatoms. The molecule has 0 aliphatic heterocycles. The molecule has 2 aromatic heterocycles. The lowest BCUT2D eigenvalue weighted by Gasteiger charge is -2.09. The molecule has 0 unspecified atom stereocenters. The van der Waals surface area contributed by atoms with Crippen molar-refractivity contribution in [3.05, 3.63) is 48.7 Å². The highest BCUT2D eigenvalue weighted by atomic mass is 16.2. The first-order valence-corrected chi connectivity index (χ1v) is 6.07. The van der Waals surface area contributed by atoms with Crippen LogP contribution >= 0.6 is 0 Å². The molecule has 0 fully saturated rings. The molecule has 3 N–H and O–H groups in total. The van der Waals surface area contributed by atoms with E-state index in [0.717, 1.165) is 5.39 Å². The number of rotatable bonds is 2. The van der Waals surface area contributed by atoms with Crippen LogP contribution < -0.4 is 11.1 Å². The third kappa shape index (κ3) is 1.97. The van der Waals surface area contributed by atoms with Gasteiger partial charge >= 0.3 is 0 Å². The van der Waals surface area contributed by atoms with Gasteiger partial charge in [0.15, 0.2) is 0 Å². The van der Waals surface area contributed by atoms with E-state index in [9.17, 15) is 4.79 Å². The molecule has 20 heavy (non-hydrogen) atoms. The Morgan fingerprint density at radius 2 is 2.20 bits per heavy atom. The van der Waals surface area contributed by atoms with E-state index in [-0.39, 0.29) is 5.91 Å². The second-order valence-electron chi connectivity index (χ2n) is 4.45. The Balaban J connectivity index is 2.02. The molecule has 0 aliphatic carbocycles. The van der Waals surface area contributed by atoms with Crippen LogP contribution in [0.4, 0.5) is 11.4 Å². The van der Waals surface area contributed by atoms with E-state index in [4.69, 9.17) is 5.73 Å². The lowest BCUT2D eigenvalue weighted by Crippen LogP contribution is -2.15. The van der Waals surface area contributed by atoms with Gasteiger partial charge in [0.2, 0.25) is 0 Å². The van der Waals surface area contributed by atoms with Crippen molar-refractivity contribution in [2.75, 3.05) is 11.1 Å². The molecule has 3 aromatic rings. The lowest BCUT2D eigenvalue weighted by atomic mass is 10.1. The number of imidazole rings is 1. The van der Waals surface area contributed by atoms with E-state index >= 15 is 0 Å². The van der Waals surface area contributed by atoms with Crippen LogP contribution in [0.5, 0.6) is 0 Å². The van der Waals surface area contributed by atoms with Crippen LogP contribution in [0.25, 0.3) is 10.9 Å². The fraction of sp³-hybridized carbons (Fsp3) is 0.0714. The molecule has 0 aliphatic rings. The van der Waals surface area contributed by atoms with Crippen molar-refractivity contribution in [1.82, 2.24) is 14.5 Å². The van der Waals surface area contributed by atoms with E-state index in [1.165, 1.54) is 6.20 Å². The number of fused-ring (bicyclic) bond motifs is 1. The van der Waals surface area contributed by atoms with E-state index in [2.05, 4.69) is 15.3 Å². The van der Waals surface area contributed by atoms with E-state index < -0.39 is 0 Å². The van der Waals surface area contributed by atoms with Crippen molar-refractivity contribution in [1.29, 1.82) is 0 Å². The van der Waals surface area contributed by atoms with Crippen LogP contribution in [-0.2, 0) is 7.05 Å². The van der Waals surface area contributed by atoms with Gasteiger partial charge in [0, 0.05) is 18.6 Å². The third-order valence-corrected chi connectivity index (χ3v) is 3.10. The first-order valence-electron chi connectivity index (χ1n) is 6.07. The molecule has 3 rings (SSSR count). The number of pyridine rings is 1. The second-order valence-corrected chi connectivity index (χ2v) is 4.45. The Morgan fingerprint density at radius 3 is 2.95 bits per heavy atom. The summed E-state index contributed by atoms with van der Waals surface area (Å²) >= 11 is 0. The number of nitrogen functional groups attached to an aromatic ring is 1. The number of carbonyl (C=O) groups excluding carboxylic acids is 1. The van der Waals surface area contributed by atoms with Gasteiger partial charge in [-0.15, -0.1) is 0 Å². The molecule has 0 atom stereocenters. The van der Waals surface area contributed by atoms with Crippen LogP contribution in [0, 0.1) is 0 Å². The highest BCUT2D eigenvalue weighted by Crippen LogP contribution is 2.26. The zero-order valence-corrected chi connectivity index (χ0v) is 10.9. The zero-order chi connectivity index (χ0) is 14.1. The van der Waals surface area contributed by atoms with Gasteiger partial charge in [-0.2, -0.15) is 0 Å². The van der Waals surface area contributed by atoms with Crippen molar-refractivity contribution in [2.24, 2.45) is 7.05 Å². The van der Waals surface area contributed by atoms with Crippen LogP contribution in [0.2, 0.25) is 0 Å². The number of amides is 1. The van der Waals surface area contributed by atoms with Crippen LogP contribution in [0.15, 0.2) is 43.0 Å². The van der Waals surface area contributed by atoms with Gasteiger partial charge in [-0.3, -0.25) is 9.78 Å². The van der Waals surface area contributed by atoms with Crippen LogP contribution in [0.3, 0.4) is 0 Å². The smallest absolute Gasteiger partial charge is 0.273 e. The van der Waals surface area contributed by atoms with Gasteiger partial charge in [-0.25, -0.2) is 4.98 Å². The summed E-state index contributed by atoms with van der Waals surface area (Å²) < 4.78 is 1.66. The van der Waals surface area contributed by atoms with E-state index in [1.807, 2.05) is 12.1 Å². The summed E-state index contributed by atoms with van der Waals surface area (Å²) in [5.74, 6) is -0.222. The second kappa shape index (κ2) is 4.65. The number of hydrogen-bond donors (Lipinski definition) is 2. The van der Waals surface area contributed by atoms with Crippen LogP contribution in [0.1, 0.15) is 10.5 Å². The number of aromatic nitrogens is 3. The lowest BCUT2D eigenvalue weighted by molar-refractivity contribution is 0.101. The van der Waals surface area contributed by atoms with Crippen LogP contribution in [-0.4, -0.2) is 20.4 Å². The van der Waals surface area contributed by atoms with E-state index in [1.54, 1.807) is 36.3 Å². The molecule has 100 valence electrons. The van der Waals surface area contributed by atoms with Gasteiger partial charge in [-0.05, 0) is 24.3 Å². The fourth-order valence-corrected chi connectivity index (χ4v) is 2.07. The summed E-state index contributed by atoms with van der Waals surface area (Å²) in [4.78, 5) is 20.4. The first-order chi connectivity index (χ1) is 9.66. The largest absolute Gasteiger partial charge is 0.397 e. The normalized spacial score (nSPS) is 10.7. The highest BCUT2D eigenvalue weighted by Gasteiger charge is 2.12. The van der Waals surface area contributed by atoms with Crippen molar-refractivity contribution in [3.63, 3.8) is 0 Å². The van der Waals surface area contributed by atoms with Gasteiger partial charge in [0.25, 0.3) is 5.91 Å². The predicted octanol–water partition coefficient (Wildman–Crippen LogP) is 1.80. The van der Waals surface area contributed by atoms with Gasteiger partial charge in [0.05, 0.1) is 29.4 Å². The number of nitrogens with one attached hydrogen (secondary N) is 1. The number of anilines is 2. The monoisotopic (exact) mass is 267 g/mol. The summed E-state index contributed by atoms with van der Waals surface area (Å²) in [5.41, 5.74) is 8.30. The van der Waals surface area contributed by atoms with Crippen molar-refractivity contribution in [3.8, 4) is 0 Å². The summed E-state index contributed by atoms with van der Waals surface area (Å²) in [6, 6.07) is 7.18. The summed E-state index contributed by atoms with van der Waals surface area (Å²) in [6.45, 7) is 0. The molecule has 2 heterocycles. The minimum atomic E-state index is -0.222. The van der Waals surface area contributed by atoms with Gasteiger partial charge < -0.3 is 15.6 Å². The zero-order valence-electron chi connectivity index (χ0n) is 10.9. The first kappa shape index (κ1) is 12.2. The molecule has 1 aromatic carbocycles. The maximum Gasteiger partial charge on any atom is 0.273 e. The Labute approximate surface area is 115 Å². The third-order valence-electron chi connectivity index (χ3n) is 3.10. The molecule has 0 bridgehead atoms. The number of carbonyl (C=O) groups is 1. The maximum absolute atomic E-state index is 12.2. The maximum atomic E-state index is 12.2. The minimum absolute atomic E-state index is 0.222. The molecule has 0 spiro atoms. The number of nitrogens with two attached hydrogens (primary N) is 1. The van der Waals surface area contributed by atoms with E-state index in [0.29, 0.717) is 22.6 Å². The standard InChI is InChI=1S/C14H13N5O/c1-19-8-16-7-12(19)14(20)18-11-5-4-10(15)13-9(11)3-2-6-17-13/h2-8H,15H2,1H3,(H,18,20). The van der Waals surface area contributed by atoms with Crippen molar-refractivity contribution < 1.29 is 4.79 Å². The molecule has 1 amide bonds. The Morgan fingerprint density at radius 1 is 1.35 bits per heavy atom. The Bertz CT molecular complexity index is 793. The van der Waals surface area contributed by atoms with Gasteiger partial charge in [0.1, 0.15) is 5.69 Å². The van der Waals surface area contributed by atoms with Crippen molar-refractivity contribution >= 4 is 28.2 Å². The number of hydrogen-bond acceptors (Lipinski definition) is 4. The average molecular weight is 267 g/mol. The Kier molecular flexibility index (Phi) is 2.83. The fourth-order valence-electron chi connectivity index (χ4n) is 2.07. The summed E-state index contributed by atoms with van der Waals surface area (Å²) in [6.07, 6.45) is 4.77. The number of benzene rings is 1. The average Bonchev–Trinajstić information content (AvgIpc) is 2.88. The molecule has 6 nitrogen and oxygen atoms in total. The SMILES string of the molecule is Cn1cncc1C(=O)Nc1ccc(N)c2ncccc12. The topological polar surface area (TPSA) is 85.8 Å². The molecule has 0 saturated heterocycles. The highest BCUT2D eigenvalue weighted by molar-refractivity contribution is 6.09. The molecular formula is C14H13N5O. The molecular weight excluding hydrogens is 254 g/mol. The van der Waals surface area contributed by atoms with Gasteiger partial charge in [-0.1, -0.05) is 0 Å². The molecule has 0 radical (unpaired) electrons. The summed E-state index contributed by atoms with van der Waals surface area (Å²) in [7, 11) is 1.77. The Hall–Kier alpha value is -2.89. The number of nitrogens with zero attached hydrogens (tertiary/aromatic N) is 3. The predicted molar refractivity (Wildman–Crippen MR) is 77.3 cm³/mol. The number of aryl methyl sites for hydroxylation is 1. The quantitative estimate of drug-likeness (QED) is 0.693. The van der Waals surface area contributed by atoms with Crippen molar-refractivity contribution in [2.45, 2.75) is 0 Å².